The molecule has 9 heteroatoms. The van der Waals surface area contributed by atoms with Crippen molar-refractivity contribution in [3.63, 3.8) is 0 Å². The largest absolute Gasteiger partial charge is 0.759 e. The van der Waals surface area contributed by atoms with Crippen LogP contribution in [-0.4, -0.2) is 27.5 Å². The summed E-state index contributed by atoms with van der Waals surface area (Å²) < 4.78 is 38.3. The van der Waals surface area contributed by atoms with Crippen molar-refractivity contribution in [1.29, 1.82) is 0 Å². The van der Waals surface area contributed by atoms with Gasteiger partial charge in [-0.1, -0.05) is 24.3 Å². The van der Waals surface area contributed by atoms with Crippen LogP contribution in [0.5, 0.6) is 0 Å². The van der Waals surface area contributed by atoms with E-state index < -0.39 is 10.4 Å². The molecule has 2 aromatic carbocycles. The summed E-state index contributed by atoms with van der Waals surface area (Å²) in [5.41, 5.74) is 4.52. The van der Waals surface area contributed by atoms with E-state index in [1.807, 2.05) is 24.5 Å². The predicted octanol–water partition coefficient (Wildman–Crippen LogP) is 3.09. The Morgan fingerprint density at radius 3 is 1.34 bits per heavy atom. The Hall–Kier alpha value is -4.05. The average molecular weight is 487 g/mol. The minimum absolute atomic E-state index is 1.07. The van der Waals surface area contributed by atoms with Crippen LogP contribution in [0.1, 0.15) is 0 Å². The highest BCUT2D eigenvalue weighted by atomic mass is 32.3. The van der Waals surface area contributed by atoms with Gasteiger partial charge in [-0.15, -0.1) is 0 Å². The second-order valence-corrected chi connectivity index (χ2v) is 8.62. The Balaban J connectivity index is 0.000000139. The molecule has 0 saturated carbocycles. The smallest absolute Gasteiger partial charge is 0.238 e. The standard InChI is InChI=1S/2C13H11N2.H2O4S/c2*1-15-9-3-5-11-7-6-10-4-2-8-14-12(10)13(11)15;1-5(2,3)4/h2*2-9H,1H3;(H2,1,2,3,4)/q2*+1;/p-2. The third-order valence-corrected chi connectivity index (χ3v) is 5.43. The minimum Gasteiger partial charge on any atom is -0.759 e. The Morgan fingerprint density at radius 2 is 0.943 bits per heavy atom. The number of pyridine rings is 4. The SMILES string of the molecule is C[n+]1cccc2ccc3cccnc3c21.C[n+]1cccc2ccc3cccnc3c21.O=S(=O)([O-])[O-]. The summed E-state index contributed by atoms with van der Waals surface area (Å²) >= 11 is 0. The number of rotatable bonds is 0. The Kier molecular flexibility index (Phi) is 6.92. The van der Waals surface area contributed by atoms with Crippen LogP contribution in [0.15, 0.2) is 97.6 Å². The summed E-state index contributed by atoms with van der Waals surface area (Å²) in [6.45, 7) is 0. The van der Waals surface area contributed by atoms with Crippen LogP contribution in [0.4, 0.5) is 0 Å². The van der Waals surface area contributed by atoms with Crippen molar-refractivity contribution in [1.82, 2.24) is 9.97 Å². The highest BCUT2D eigenvalue weighted by molar-refractivity contribution is 7.79. The molecule has 0 bridgehead atoms. The van der Waals surface area contributed by atoms with Crippen molar-refractivity contribution in [2.75, 3.05) is 0 Å². The molecule has 0 unspecified atom stereocenters. The van der Waals surface area contributed by atoms with Crippen LogP contribution in [-0.2, 0) is 24.5 Å². The summed E-state index contributed by atoms with van der Waals surface area (Å²) in [6, 6.07) is 25.0. The molecule has 0 radical (unpaired) electrons. The lowest BCUT2D eigenvalue weighted by atomic mass is 10.1. The molecule has 4 aromatic heterocycles. The molecule has 0 aliphatic rings. The summed E-state index contributed by atoms with van der Waals surface area (Å²) in [6.07, 6.45) is 7.79. The second-order valence-electron chi connectivity index (χ2n) is 7.80. The highest BCUT2D eigenvalue weighted by Crippen LogP contribution is 2.20. The number of fused-ring (bicyclic) bond motifs is 6. The maximum atomic E-state index is 8.52. The van der Waals surface area contributed by atoms with E-state index in [1.165, 1.54) is 32.6 Å². The molecule has 176 valence electrons. The third-order valence-electron chi connectivity index (χ3n) is 5.43. The number of hydrogen-bond donors (Lipinski definition) is 0. The maximum Gasteiger partial charge on any atom is 0.238 e. The van der Waals surface area contributed by atoms with E-state index in [1.54, 1.807) is 0 Å². The first-order chi connectivity index (χ1) is 16.7. The first-order valence-corrected chi connectivity index (χ1v) is 12.0. The Labute approximate surface area is 202 Å². The fourth-order valence-corrected chi connectivity index (χ4v) is 4.00. The van der Waals surface area contributed by atoms with Crippen molar-refractivity contribution < 1.29 is 26.7 Å². The van der Waals surface area contributed by atoms with Crippen LogP contribution in [0, 0.1) is 0 Å². The number of aromatic nitrogens is 4. The minimum atomic E-state index is -5.17. The third kappa shape index (κ3) is 5.72. The first kappa shape index (κ1) is 24.1. The molecule has 0 spiro atoms. The van der Waals surface area contributed by atoms with Gasteiger partial charge >= 0.3 is 0 Å². The molecule has 4 heterocycles. The van der Waals surface area contributed by atoms with E-state index in [2.05, 4.69) is 106 Å². The van der Waals surface area contributed by atoms with E-state index in [9.17, 15) is 0 Å². The maximum absolute atomic E-state index is 8.52. The van der Waals surface area contributed by atoms with Gasteiger partial charge in [-0.25, -0.2) is 9.97 Å². The van der Waals surface area contributed by atoms with E-state index in [-0.39, 0.29) is 0 Å². The monoisotopic (exact) mass is 486 g/mol. The topological polar surface area (TPSA) is 114 Å². The second kappa shape index (κ2) is 10.1. The van der Waals surface area contributed by atoms with E-state index >= 15 is 0 Å². The quantitative estimate of drug-likeness (QED) is 0.141. The lowest BCUT2D eigenvalue weighted by Crippen LogP contribution is -2.28. The summed E-state index contributed by atoms with van der Waals surface area (Å²) in [5, 5.41) is 4.83. The summed E-state index contributed by atoms with van der Waals surface area (Å²) in [5.74, 6) is 0. The first-order valence-electron chi connectivity index (χ1n) is 10.6. The van der Waals surface area contributed by atoms with E-state index in [0.29, 0.717) is 0 Å². The van der Waals surface area contributed by atoms with Gasteiger partial charge in [0.15, 0.2) is 12.4 Å². The van der Waals surface area contributed by atoms with Gasteiger partial charge in [0, 0.05) is 56.5 Å². The lowest BCUT2D eigenvalue weighted by molar-refractivity contribution is -0.644. The molecule has 0 aliphatic heterocycles. The summed E-state index contributed by atoms with van der Waals surface area (Å²) in [4.78, 5) is 8.90. The van der Waals surface area contributed by atoms with Gasteiger partial charge in [-0.05, 0) is 36.4 Å². The van der Waals surface area contributed by atoms with Crippen molar-refractivity contribution in [2.24, 2.45) is 14.1 Å². The van der Waals surface area contributed by atoms with Crippen molar-refractivity contribution in [2.45, 2.75) is 0 Å². The molecule has 6 aromatic rings. The molecule has 0 atom stereocenters. The van der Waals surface area contributed by atoms with Crippen LogP contribution >= 0.6 is 0 Å². The molecule has 0 N–H and O–H groups in total. The van der Waals surface area contributed by atoms with Gasteiger partial charge in [0.2, 0.25) is 11.0 Å². The van der Waals surface area contributed by atoms with E-state index in [4.69, 9.17) is 17.5 Å². The number of nitrogens with zero attached hydrogens (tertiary/aromatic N) is 4. The molecule has 6 rings (SSSR count). The fraction of sp³-hybridized carbons (Fsp3) is 0.0769. The van der Waals surface area contributed by atoms with Gasteiger partial charge in [-0.2, -0.15) is 9.13 Å². The van der Waals surface area contributed by atoms with Crippen LogP contribution in [0.25, 0.3) is 43.6 Å². The molecule has 0 aliphatic carbocycles. The van der Waals surface area contributed by atoms with Crippen molar-refractivity contribution in [3.8, 4) is 0 Å². The van der Waals surface area contributed by atoms with Crippen LogP contribution in [0.3, 0.4) is 0 Å². The van der Waals surface area contributed by atoms with Crippen molar-refractivity contribution in [3.05, 3.63) is 97.6 Å². The number of aryl methyl sites for hydroxylation is 2. The zero-order valence-corrected chi connectivity index (χ0v) is 19.9. The van der Waals surface area contributed by atoms with Gasteiger partial charge in [-0.3, -0.25) is 8.42 Å². The highest BCUT2D eigenvalue weighted by Gasteiger charge is 2.10. The van der Waals surface area contributed by atoms with Gasteiger partial charge in [0.1, 0.15) is 25.1 Å². The number of benzene rings is 2. The molecular formula is C26H22N4O4S. The van der Waals surface area contributed by atoms with Crippen LogP contribution in [0.2, 0.25) is 0 Å². The van der Waals surface area contributed by atoms with Gasteiger partial charge in [0.25, 0.3) is 0 Å². The van der Waals surface area contributed by atoms with E-state index in [0.717, 1.165) is 11.0 Å². The van der Waals surface area contributed by atoms with Gasteiger partial charge < -0.3 is 9.11 Å². The van der Waals surface area contributed by atoms with Crippen LogP contribution < -0.4 is 9.13 Å². The number of hydrogen-bond acceptors (Lipinski definition) is 6. The molecule has 35 heavy (non-hydrogen) atoms. The van der Waals surface area contributed by atoms with Gasteiger partial charge in [0.05, 0.1) is 0 Å². The zero-order valence-electron chi connectivity index (χ0n) is 19.1. The molecule has 0 fully saturated rings. The Bertz CT molecular complexity index is 1650. The molecule has 0 saturated heterocycles. The molecule has 0 amide bonds. The van der Waals surface area contributed by atoms with Crippen molar-refractivity contribution >= 4 is 54.0 Å². The predicted molar refractivity (Wildman–Crippen MR) is 131 cm³/mol. The lowest BCUT2D eigenvalue weighted by Gasteiger charge is -2.06. The fourth-order valence-electron chi connectivity index (χ4n) is 4.00. The average Bonchev–Trinajstić information content (AvgIpc) is 2.83. The summed E-state index contributed by atoms with van der Waals surface area (Å²) in [7, 11) is -1.06. The molecular weight excluding hydrogens is 464 g/mol. The molecule has 8 nitrogen and oxygen atoms in total. The Morgan fingerprint density at radius 1 is 0.600 bits per heavy atom. The zero-order chi connectivity index (χ0) is 25.0. The normalized spacial score (nSPS) is 11.1.